The van der Waals surface area contributed by atoms with Crippen molar-refractivity contribution in [2.45, 2.75) is 19.6 Å². The zero-order valence-corrected chi connectivity index (χ0v) is 29.0. The van der Waals surface area contributed by atoms with Crippen molar-refractivity contribution >= 4 is 66.1 Å². The number of benzene rings is 2. The first-order chi connectivity index (χ1) is 22.8. The predicted octanol–water partition coefficient (Wildman–Crippen LogP) is 5.65. The molecule has 1 aliphatic rings. The van der Waals surface area contributed by atoms with E-state index >= 15 is 0 Å². The molecule has 0 saturated heterocycles. The zero-order chi connectivity index (χ0) is 35.3. The summed E-state index contributed by atoms with van der Waals surface area (Å²) in [4.78, 5) is 54.8. The van der Waals surface area contributed by atoms with Crippen LogP contribution in [0.5, 0.6) is 5.75 Å². The molecule has 48 heavy (non-hydrogen) atoms. The van der Waals surface area contributed by atoms with Gasteiger partial charge in [-0.3, -0.25) is 0 Å². The Labute approximate surface area is 283 Å². The number of fused-ring (bicyclic) bond motifs is 1. The number of allylic oxidation sites excluding steroid dienone is 1. The second kappa shape index (κ2) is 15.0. The molecule has 1 aromatic heterocycles. The molecule has 0 aliphatic carbocycles. The molecule has 4 rings (SSSR count). The number of esters is 4. The van der Waals surface area contributed by atoms with E-state index in [-0.39, 0.29) is 37.9 Å². The first kappa shape index (κ1) is 36.2. The van der Waals surface area contributed by atoms with Gasteiger partial charge in [0.05, 0.1) is 0 Å². The number of methoxy groups -OCH3 is 5. The van der Waals surface area contributed by atoms with Crippen LogP contribution in [0.2, 0.25) is 0 Å². The molecule has 0 atom stereocenters. The first-order valence-corrected chi connectivity index (χ1v) is 16.3. The van der Waals surface area contributed by atoms with E-state index in [2.05, 4.69) is 0 Å². The fourth-order valence-electron chi connectivity index (χ4n) is 4.64. The Balaban J connectivity index is 2.08. The maximum atomic E-state index is 13.6. The number of thioether (sulfide) groups is 1. The van der Waals surface area contributed by atoms with E-state index < -0.39 is 50.1 Å². The van der Waals surface area contributed by atoms with Gasteiger partial charge in [-0.1, -0.05) is 0 Å². The van der Waals surface area contributed by atoms with Gasteiger partial charge in [-0.25, -0.2) is 0 Å². The van der Waals surface area contributed by atoms with Crippen molar-refractivity contribution in [3.8, 4) is 5.75 Å². The van der Waals surface area contributed by atoms with Gasteiger partial charge >= 0.3 is 284 Å². The van der Waals surface area contributed by atoms with E-state index in [0.717, 1.165) is 64.0 Å². The molecule has 0 saturated carbocycles. The third-order valence-corrected chi connectivity index (χ3v) is 10.6. The molecule has 1 aliphatic heterocycles. The minimum absolute atomic E-state index is 0.0100. The van der Waals surface area contributed by atoms with Gasteiger partial charge in [0.2, 0.25) is 0 Å². The van der Waals surface area contributed by atoms with Crippen molar-refractivity contribution in [2.75, 3.05) is 45.3 Å². The molecule has 0 radical (unpaired) electrons. The summed E-state index contributed by atoms with van der Waals surface area (Å²) >= 11 is -0.194. The third kappa shape index (κ3) is 7.40. The molecule has 2 heterocycles. The molecule has 0 spiro atoms. The zero-order valence-electron chi connectivity index (χ0n) is 26.4. The number of hydrogen-bond acceptors (Lipinski definition) is 12. The van der Waals surface area contributed by atoms with E-state index in [9.17, 15) is 32.3 Å². The van der Waals surface area contributed by atoms with Gasteiger partial charge in [0.1, 0.15) is 0 Å². The van der Waals surface area contributed by atoms with Crippen molar-refractivity contribution in [2.24, 2.45) is 0 Å². The Hall–Kier alpha value is -4.66. The molecule has 16 heteroatoms. The molecule has 0 amide bonds. The molecule has 2 aromatic carbocycles. The van der Waals surface area contributed by atoms with Gasteiger partial charge in [0, 0.05) is 0 Å². The van der Waals surface area contributed by atoms with Crippen molar-refractivity contribution in [3.63, 3.8) is 0 Å². The SMILES string of the molecule is COC(=O)/C=C(/SC1=C(C)N(Cc2ccc(OC)cc2)c2c([se]c(C(=O)OC)c2C(=O)OC)N1c1ccc(C(F)(F)F)cc1)C(=O)OC. The van der Waals surface area contributed by atoms with E-state index in [1.165, 1.54) is 19.2 Å². The number of ether oxygens (including phenoxy) is 5. The van der Waals surface area contributed by atoms with Gasteiger partial charge in [-0.2, -0.15) is 0 Å². The van der Waals surface area contributed by atoms with Gasteiger partial charge in [-0.05, 0) is 0 Å². The summed E-state index contributed by atoms with van der Waals surface area (Å²) in [5, 5.41) is 0.264. The van der Waals surface area contributed by atoms with Crippen LogP contribution in [0.3, 0.4) is 0 Å². The number of halogens is 3. The van der Waals surface area contributed by atoms with Gasteiger partial charge in [-0.15, -0.1) is 0 Å². The summed E-state index contributed by atoms with van der Waals surface area (Å²) in [6.45, 7) is 1.79. The van der Waals surface area contributed by atoms with Crippen molar-refractivity contribution in [1.82, 2.24) is 0 Å². The van der Waals surface area contributed by atoms with Gasteiger partial charge in [0.15, 0.2) is 0 Å². The number of alkyl halides is 3. The van der Waals surface area contributed by atoms with Crippen molar-refractivity contribution in [3.05, 3.63) is 91.4 Å². The fourth-order valence-corrected chi connectivity index (χ4v) is 8.45. The Kier molecular flexibility index (Phi) is 11.3. The van der Waals surface area contributed by atoms with Crippen molar-refractivity contribution in [1.29, 1.82) is 0 Å². The second-order valence-electron chi connectivity index (χ2n) is 9.77. The van der Waals surface area contributed by atoms with Gasteiger partial charge < -0.3 is 0 Å². The Bertz CT molecular complexity index is 1790. The molecule has 0 N–H and O–H groups in total. The van der Waals surface area contributed by atoms with E-state index in [1.54, 1.807) is 41.0 Å². The average molecular weight is 754 g/mol. The van der Waals surface area contributed by atoms with Crippen LogP contribution < -0.4 is 14.5 Å². The molecule has 3 aromatic rings. The summed E-state index contributed by atoms with van der Waals surface area (Å²) in [7, 11) is 6.08. The van der Waals surface area contributed by atoms with Crippen LogP contribution in [0.25, 0.3) is 0 Å². The normalized spacial score (nSPS) is 13.1. The molecule has 0 unspecified atom stereocenters. The van der Waals surface area contributed by atoms with Crippen LogP contribution in [0.1, 0.15) is 37.6 Å². The second-order valence-corrected chi connectivity index (χ2v) is 12.9. The molecule has 11 nitrogen and oxygen atoms in total. The average Bonchev–Trinajstić information content (AvgIpc) is 3.48. The van der Waals surface area contributed by atoms with E-state index in [0.29, 0.717) is 16.0 Å². The number of hydrogen-bond donors (Lipinski definition) is 0. The van der Waals surface area contributed by atoms with Gasteiger partial charge in [0.25, 0.3) is 0 Å². The van der Waals surface area contributed by atoms with Crippen molar-refractivity contribution < 1.29 is 56.0 Å². The number of rotatable bonds is 10. The minimum atomic E-state index is -4.63. The van der Waals surface area contributed by atoms with E-state index in [4.69, 9.17) is 23.7 Å². The maximum absolute atomic E-state index is 13.6. The standard InChI is InChI=1S/C32H29F3N2O9SSe/c1-17-27(47-22(29(39)44-4)15-23(38)43-3)37(20-11-9-19(10-12-20)32(33,34)35)28-25(24(30(40)45-5)26(48-28)31(41)46-6)36(17)16-18-7-13-21(42-2)14-8-18/h7-15H,16H2,1-6H3/b22-15+. The fraction of sp³-hybridized carbons (Fsp3) is 0.250. The van der Waals surface area contributed by atoms with Crippen LogP contribution in [-0.2, 0) is 41.3 Å². The predicted molar refractivity (Wildman–Crippen MR) is 171 cm³/mol. The molecule has 0 fully saturated rings. The summed E-state index contributed by atoms with van der Waals surface area (Å²) in [5.41, 5.74) is 0.631. The number of carbonyl (C=O) groups excluding carboxylic acids is 4. The Morgan fingerprint density at radius 3 is 2.00 bits per heavy atom. The third-order valence-electron chi connectivity index (χ3n) is 7.01. The first-order valence-electron chi connectivity index (χ1n) is 13.8. The Morgan fingerprint density at radius 1 is 0.854 bits per heavy atom. The monoisotopic (exact) mass is 754 g/mol. The molecule has 254 valence electrons. The summed E-state index contributed by atoms with van der Waals surface area (Å²) < 4.78 is 66.1. The topological polar surface area (TPSA) is 121 Å². The van der Waals surface area contributed by atoms with Crippen LogP contribution in [0.15, 0.2) is 70.2 Å². The molecular weight excluding hydrogens is 724 g/mol. The van der Waals surface area contributed by atoms with Crippen LogP contribution in [0, 0.1) is 0 Å². The number of anilines is 3. The van der Waals surface area contributed by atoms with Crippen LogP contribution in [0.4, 0.5) is 29.1 Å². The Morgan fingerprint density at radius 2 is 1.48 bits per heavy atom. The summed E-state index contributed by atoms with van der Waals surface area (Å²) in [6.07, 6.45) is -3.70. The van der Waals surface area contributed by atoms with E-state index in [1.807, 2.05) is 0 Å². The number of carbonyl (C=O) groups is 4. The van der Waals surface area contributed by atoms with Crippen LogP contribution >= 0.6 is 11.8 Å². The quantitative estimate of drug-likeness (QED) is 0.110. The summed E-state index contributed by atoms with van der Waals surface area (Å²) in [6, 6.07) is 11.3. The molecule has 0 bridgehead atoms. The molecular formula is C32H29F3N2O9SSe. The summed E-state index contributed by atoms with van der Waals surface area (Å²) in [5.74, 6) is -2.79. The number of nitrogens with zero attached hydrogens (tertiary/aromatic N) is 2. The van der Waals surface area contributed by atoms with Crippen LogP contribution in [-0.4, -0.2) is 73.9 Å².